The number of likely N-dealkylation sites (tertiary alicyclic amines) is 1. The summed E-state index contributed by atoms with van der Waals surface area (Å²) in [5.74, 6) is -0.0996. The zero-order chi connectivity index (χ0) is 14.8. The van der Waals surface area contributed by atoms with E-state index in [-0.39, 0.29) is 24.3 Å². The van der Waals surface area contributed by atoms with Crippen LogP contribution in [-0.4, -0.2) is 33.8 Å². The van der Waals surface area contributed by atoms with E-state index in [1.54, 1.807) is 6.20 Å². The number of nitrogens with one attached hydrogen (secondary N) is 1. The highest BCUT2D eigenvalue weighted by molar-refractivity contribution is 7.15. The second-order valence-corrected chi connectivity index (χ2v) is 7.16. The molecule has 1 unspecified atom stereocenters. The van der Waals surface area contributed by atoms with Gasteiger partial charge in [0.05, 0.1) is 6.42 Å². The Kier molecular flexibility index (Phi) is 4.24. The number of hydrogen-bond acceptors (Lipinski definition) is 5. The molecule has 6 heteroatoms. The number of carbonyl (C=O) groups excluding carboxylic acids is 2. The number of aromatic nitrogens is 1. The van der Waals surface area contributed by atoms with Crippen LogP contribution in [0.5, 0.6) is 0 Å². The van der Waals surface area contributed by atoms with Crippen molar-refractivity contribution in [3.63, 3.8) is 0 Å². The van der Waals surface area contributed by atoms with E-state index in [9.17, 15) is 9.59 Å². The van der Waals surface area contributed by atoms with Crippen molar-refractivity contribution in [1.29, 1.82) is 0 Å². The molecule has 1 aromatic rings. The van der Waals surface area contributed by atoms with Crippen LogP contribution < -0.4 is 5.32 Å². The number of hydrogen-bond donors (Lipinski definition) is 1. The molecule has 2 aliphatic rings. The second-order valence-electron chi connectivity index (χ2n) is 5.92. The first kappa shape index (κ1) is 14.5. The summed E-state index contributed by atoms with van der Waals surface area (Å²) in [7, 11) is 0. The van der Waals surface area contributed by atoms with Gasteiger partial charge < -0.3 is 5.32 Å². The topological polar surface area (TPSA) is 62.3 Å². The summed E-state index contributed by atoms with van der Waals surface area (Å²) in [4.78, 5) is 31.6. The Hall–Kier alpha value is -1.43. The van der Waals surface area contributed by atoms with E-state index < -0.39 is 6.04 Å². The molecule has 2 heterocycles. The van der Waals surface area contributed by atoms with E-state index in [0.29, 0.717) is 0 Å². The van der Waals surface area contributed by atoms with E-state index in [4.69, 9.17) is 0 Å². The zero-order valence-electron chi connectivity index (χ0n) is 12.3. The minimum atomic E-state index is -0.439. The minimum absolute atomic E-state index is 0.0299. The highest BCUT2D eigenvalue weighted by Crippen LogP contribution is 2.28. The third kappa shape index (κ3) is 3.10. The SMILES string of the molecule is Cc1cnc(NC2CC(=O)N(C3CCCCCC3)C2=O)s1. The van der Waals surface area contributed by atoms with Crippen molar-refractivity contribution in [2.75, 3.05) is 5.32 Å². The number of thiazole rings is 1. The average Bonchev–Trinajstić information content (AvgIpc) is 2.84. The predicted octanol–water partition coefficient (Wildman–Crippen LogP) is 2.71. The lowest BCUT2D eigenvalue weighted by Crippen LogP contribution is -2.42. The summed E-state index contributed by atoms with van der Waals surface area (Å²) >= 11 is 1.51. The molecule has 1 saturated heterocycles. The molecule has 1 aliphatic heterocycles. The Balaban J connectivity index is 1.69. The van der Waals surface area contributed by atoms with Gasteiger partial charge in [-0.1, -0.05) is 25.7 Å². The van der Waals surface area contributed by atoms with Crippen LogP contribution in [0.25, 0.3) is 0 Å². The van der Waals surface area contributed by atoms with Gasteiger partial charge in [0.1, 0.15) is 6.04 Å². The first-order chi connectivity index (χ1) is 10.1. The molecule has 1 saturated carbocycles. The summed E-state index contributed by atoms with van der Waals surface area (Å²) in [6.45, 7) is 1.97. The molecule has 1 aromatic heterocycles. The van der Waals surface area contributed by atoms with Gasteiger partial charge in [-0.15, -0.1) is 11.3 Å². The maximum atomic E-state index is 12.6. The van der Waals surface area contributed by atoms with Gasteiger partial charge in [-0.3, -0.25) is 14.5 Å². The number of rotatable bonds is 3. The van der Waals surface area contributed by atoms with Gasteiger partial charge in [0, 0.05) is 17.1 Å². The van der Waals surface area contributed by atoms with Crippen molar-refractivity contribution in [1.82, 2.24) is 9.88 Å². The van der Waals surface area contributed by atoms with E-state index in [0.717, 1.165) is 35.7 Å². The molecule has 5 nitrogen and oxygen atoms in total. The number of carbonyl (C=O) groups is 2. The maximum Gasteiger partial charge on any atom is 0.252 e. The lowest BCUT2D eigenvalue weighted by Gasteiger charge is -2.25. The van der Waals surface area contributed by atoms with E-state index >= 15 is 0 Å². The molecule has 0 spiro atoms. The molecule has 1 aliphatic carbocycles. The monoisotopic (exact) mass is 307 g/mol. The number of nitrogens with zero attached hydrogens (tertiary/aromatic N) is 2. The predicted molar refractivity (Wildman–Crippen MR) is 82.2 cm³/mol. The van der Waals surface area contributed by atoms with Crippen molar-refractivity contribution in [2.45, 2.75) is 64.0 Å². The maximum absolute atomic E-state index is 12.6. The number of anilines is 1. The lowest BCUT2D eigenvalue weighted by atomic mass is 10.1. The van der Waals surface area contributed by atoms with Crippen LogP contribution in [0.3, 0.4) is 0 Å². The zero-order valence-corrected chi connectivity index (χ0v) is 13.1. The summed E-state index contributed by atoms with van der Waals surface area (Å²) in [6, 6.07) is -0.330. The van der Waals surface area contributed by atoms with Crippen LogP contribution in [0.2, 0.25) is 0 Å². The molecule has 3 rings (SSSR count). The smallest absolute Gasteiger partial charge is 0.252 e. The third-order valence-corrected chi connectivity index (χ3v) is 5.14. The first-order valence-electron chi connectivity index (χ1n) is 7.70. The summed E-state index contributed by atoms with van der Waals surface area (Å²) in [5, 5.41) is 3.85. The van der Waals surface area contributed by atoms with Crippen molar-refractivity contribution >= 4 is 28.3 Å². The molecular formula is C15H21N3O2S. The van der Waals surface area contributed by atoms with Crippen LogP contribution in [0.4, 0.5) is 5.13 Å². The van der Waals surface area contributed by atoms with Crippen molar-refractivity contribution in [3.8, 4) is 0 Å². The molecule has 0 radical (unpaired) electrons. The molecule has 1 N–H and O–H groups in total. The Morgan fingerprint density at radius 3 is 2.57 bits per heavy atom. The van der Waals surface area contributed by atoms with E-state index in [2.05, 4.69) is 10.3 Å². The van der Waals surface area contributed by atoms with Gasteiger partial charge in [0.15, 0.2) is 5.13 Å². The average molecular weight is 307 g/mol. The quantitative estimate of drug-likeness (QED) is 0.689. The lowest BCUT2D eigenvalue weighted by molar-refractivity contribution is -0.141. The molecular weight excluding hydrogens is 286 g/mol. The van der Waals surface area contributed by atoms with Gasteiger partial charge in [-0.25, -0.2) is 4.98 Å². The van der Waals surface area contributed by atoms with Crippen LogP contribution in [0.1, 0.15) is 49.8 Å². The van der Waals surface area contributed by atoms with Crippen LogP contribution in [-0.2, 0) is 9.59 Å². The fourth-order valence-electron chi connectivity index (χ4n) is 3.23. The number of imide groups is 1. The van der Waals surface area contributed by atoms with Gasteiger partial charge in [0.25, 0.3) is 5.91 Å². The summed E-state index contributed by atoms with van der Waals surface area (Å²) in [6.07, 6.45) is 8.61. The Morgan fingerprint density at radius 1 is 1.24 bits per heavy atom. The first-order valence-corrected chi connectivity index (χ1v) is 8.51. The highest BCUT2D eigenvalue weighted by Gasteiger charge is 2.42. The molecule has 2 fully saturated rings. The van der Waals surface area contributed by atoms with Gasteiger partial charge in [-0.05, 0) is 19.8 Å². The fraction of sp³-hybridized carbons (Fsp3) is 0.667. The van der Waals surface area contributed by atoms with E-state index in [1.807, 2.05) is 6.92 Å². The van der Waals surface area contributed by atoms with Crippen LogP contribution in [0, 0.1) is 6.92 Å². The van der Waals surface area contributed by atoms with E-state index in [1.165, 1.54) is 29.1 Å². The minimum Gasteiger partial charge on any atom is -0.349 e. The Labute approximate surface area is 128 Å². The molecule has 114 valence electrons. The third-order valence-electron chi connectivity index (χ3n) is 4.29. The van der Waals surface area contributed by atoms with Gasteiger partial charge in [0.2, 0.25) is 5.91 Å². The number of aryl methyl sites for hydroxylation is 1. The van der Waals surface area contributed by atoms with Crippen molar-refractivity contribution in [2.24, 2.45) is 0 Å². The Morgan fingerprint density at radius 2 is 1.95 bits per heavy atom. The second kappa shape index (κ2) is 6.13. The summed E-state index contributed by atoms with van der Waals surface area (Å²) in [5.41, 5.74) is 0. The van der Waals surface area contributed by atoms with Crippen LogP contribution in [0.15, 0.2) is 6.20 Å². The Bertz CT molecular complexity index is 535. The van der Waals surface area contributed by atoms with Crippen molar-refractivity contribution < 1.29 is 9.59 Å². The fourth-order valence-corrected chi connectivity index (χ4v) is 3.95. The number of amides is 2. The van der Waals surface area contributed by atoms with Crippen LogP contribution >= 0.6 is 11.3 Å². The summed E-state index contributed by atoms with van der Waals surface area (Å²) < 4.78 is 0. The van der Waals surface area contributed by atoms with Gasteiger partial charge in [-0.2, -0.15) is 0 Å². The largest absolute Gasteiger partial charge is 0.349 e. The molecule has 0 bridgehead atoms. The highest BCUT2D eigenvalue weighted by atomic mass is 32.1. The molecule has 0 aromatic carbocycles. The molecule has 21 heavy (non-hydrogen) atoms. The molecule has 2 amide bonds. The normalized spacial score (nSPS) is 24.4. The standard InChI is InChI=1S/C15H21N3O2S/c1-10-9-16-15(21-10)17-12-8-13(19)18(14(12)20)11-6-4-2-3-5-7-11/h9,11-12H,2-8H2,1H3,(H,16,17). The van der Waals surface area contributed by atoms with Crippen molar-refractivity contribution in [3.05, 3.63) is 11.1 Å². The van der Waals surface area contributed by atoms with Gasteiger partial charge >= 0.3 is 0 Å². The molecule has 1 atom stereocenters.